The third-order valence-corrected chi connectivity index (χ3v) is 5.53. The third-order valence-electron chi connectivity index (χ3n) is 3.71. The Morgan fingerprint density at radius 3 is 2.41 bits per heavy atom. The number of hydrogen-bond acceptors (Lipinski definition) is 3. The van der Waals surface area contributed by atoms with Gasteiger partial charge in [0, 0.05) is 38.8 Å². The minimum atomic E-state index is -3.38. The van der Waals surface area contributed by atoms with Gasteiger partial charge in [-0.1, -0.05) is 18.2 Å². The molecule has 1 heterocycles. The number of halogens is 1. The van der Waals surface area contributed by atoms with Gasteiger partial charge in [-0.25, -0.2) is 4.39 Å². The molecule has 0 unspecified atom stereocenters. The van der Waals surface area contributed by atoms with Crippen LogP contribution in [0.1, 0.15) is 19.4 Å². The predicted octanol–water partition coefficient (Wildman–Crippen LogP) is 1.23. The molecule has 22 heavy (non-hydrogen) atoms. The monoisotopic (exact) mass is 329 g/mol. The van der Waals surface area contributed by atoms with Crippen molar-refractivity contribution in [2.45, 2.75) is 26.3 Å². The molecule has 5 nitrogen and oxygen atoms in total. The molecule has 124 valence electrons. The summed E-state index contributed by atoms with van der Waals surface area (Å²) < 4.78 is 41.8. The van der Waals surface area contributed by atoms with E-state index in [1.54, 1.807) is 12.1 Å². The van der Waals surface area contributed by atoms with Gasteiger partial charge in [-0.3, -0.25) is 0 Å². The van der Waals surface area contributed by atoms with E-state index in [2.05, 4.69) is 9.62 Å². The van der Waals surface area contributed by atoms with Crippen molar-refractivity contribution < 1.29 is 12.8 Å². The van der Waals surface area contributed by atoms with Crippen molar-refractivity contribution in [2.75, 3.05) is 32.7 Å². The number of hydrogen-bond donors (Lipinski definition) is 1. The van der Waals surface area contributed by atoms with Gasteiger partial charge in [0.15, 0.2) is 0 Å². The van der Waals surface area contributed by atoms with E-state index in [0.29, 0.717) is 38.2 Å². The predicted molar refractivity (Wildman–Crippen MR) is 85.3 cm³/mol. The largest absolute Gasteiger partial charge is 0.300 e. The fourth-order valence-corrected chi connectivity index (χ4v) is 3.93. The van der Waals surface area contributed by atoms with E-state index in [1.165, 1.54) is 10.4 Å². The van der Waals surface area contributed by atoms with Gasteiger partial charge in [-0.15, -0.1) is 0 Å². The molecule has 0 amide bonds. The molecule has 0 atom stereocenters. The zero-order valence-electron chi connectivity index (χ0n) is 13.1. The van der Waals surface area contributed by atoms with Gasteiger partial charge in [0.25, 0.3) is 10.2 Å². The van der Waals surface area contributed by atoms with Crippen LogP contribution in [0.15, 0.2) is 24.3 Å². The third kappa shape index (κ3) is 4.74. The van der Waals surface area contributed by atoms with Crippen molar-refractivity contribution >= 4 is 10.2 Å². The average molecular weight is 329 g/mol. The molecule has 1 aliphatic rings. The van der Waals surface area contributed by atoms with Crippen molar-refractivity contribution in [3.63, 3.8) is 0 Å². The summed E-state index contributed by atoms with van der Waals surface area (Å²) in [5.74, 6) is -0.176. The average Bonchev–Trinajstić information content (AvgIpc) is 2.45. The molecule has 1 saturated heterocycles. The highest BCUT2D eigenvalue weighted by Crippen LogP contribution is 2.11. The van der Waals surface area contributed by atoms with E-state index in [-0.39, 0.29) is 11.9 Å². The van der Waals surface area contributed by atoms with Gasteiger partial charge in [0.05, 0.1) is 0 Å². The molecule has 0 aliphatic carbocycles. The maximum atomic E-state index is 13.6. The van der Waals surface area contributed by atoms with Crippen LogP contribution in [0.25, 0.3) is 0 Å². The van der Waals surface area contributed by atoms with Crippen molar-refractivity contribution in [3.05, 3.63) is 35.6 Å². The summed E-state index contributed by atoms with van der Waals surface area (Å²) in [6.07, 6.45) is 0.643. The van der Waals surface area contributed by atoms with Crippen molar-refractivity contribution in [1.29, 1.82) is 0 Å². The molecule has 0 bridgehead atoms. The van der Waals surface area contributed by atoms with Crippen LogP contribution in [0.3, 0.4) is 0 Å². The first kappa shape index (κ1) is 17.3. The first-order valence-electron chi connectivity index (χ1n) is 7.61. The standard InChI is InChI=1S/C15H24FN3O2S/c1-13(2)17-22(20,21)19-11-9-18(10-12-19)8-7-14-5-3-4-6-15(14)16/h3-6,13,17H,7-12H2,1-2H3. The summed E-state index contributed by atoms with van der Waals surface area (Å²) in [5.41, 5.74) is 0.707. The molecule has 1 aliphatic heterocycles. The second-order valence-electron chi connectivity index (χ2n) is 5.86. The molecular weight excluding hydrogens is 305 g/mol. The molecule has 1 N–H and O–H groups in total. The van der Waals surface area contributed by atoms with Crippen LogP contribution in [0, 0.1) is 5.82 Å². The second-order valence-corrected chi connectivity index (χ2v) is 7.56. The zero-order valence-corrected chi connectivity index (χ0v) is 13.9. The minimum Gasteiger partial charge on any atom is -0.300 e. The Morgan fingerprint density at radius 1 is 1.18 bits per heavy atom. The maximum absolute atomic E-state index is 13.6. The highest BCUT2D eigenvalue weighted by molar-refractivity contribution is 7.87. The van der Waals surface area contributed by atoms with E-state index in [9.17, 15) is 12.8 Å². The SMILES string of the molecule is CC(C)NS(=O)(=O)N1CCN(CCc2ccccc2F)CC1. The van der Waals surface area contributed by atoms with E-state index in [4.69, 9.17) is 0 Å². The summed E-state index contributed by atoms with van der Waals surface area (Å²) in [6, 6.07) is 6.68. The number of rotatable bonds is 6. The van der Waals surface area contributed by atoms with Crippen LogP contribution in [-0.2, 0) is 16.6 Å². The Hall–Kier alpha value is -1.02. The van der Waals surface area contributed by atoms with Crippen LogP contribution in [-0.4, -0.2) is 56.4 Å². The maximum Gasteiger partial charge on any atom is 0.279 e. The summed E-state index contributed by atoms with van der Waals surface area (Å²) in [7, 11) is -3.38. The molecule has 1 aromatic rings. The molecule has 2 rings (SSSR count). The van der Waals surface area contributed by atoms with Crippen LogP contribution < -0.4 is 4.72 Å². The van der Waals surface area contributed by atoms with Gasteiger partial charge >= 0.3 is 0 Å². The van der Waals surface area contributed by atoms with Gasteiger partial charge in [-0.2, -0.15) is 17.4 Å². The van der Waals surface area contributed by atoms with Crippen molar-refractivity contribution in [2.24, 2.45) is 0 Å². The summed E-state index contributed by atoms with van der Waals surface area (Å²) in [5, 5.41) is 0. The van der Waals surface area contributed by atoms with Gasteiger partial charge < -0.3 is 4.90 Å². The highest BCUT2D eigenvalue weighted by atomic mass is 32.2. The molecule has 0 radical (unpaired) electrons. The molecule has 1 fully saturated rings. The molecule has 0 spiro atoms. The smallest absolute Gasteiger partial charge is 0.279 e. The van der Waals surface area contributed by atoms with Gasteiger partial charge in [0.1, 0.15) is 5.82 Å². The summed E-state index contributed by atoms with van der Waals surface area (Å²) >= 11 is 0. The number of nitrogens with zero attached hydrogens (tertiary/aromatic N) is 2. The van der Waals surface area contributed by atoms with E-state index in [0.717, 1.165) is 6.54 Å². The first-order valence-corrected chi connectivity index (χ1v) is 9.05. The molecule has 1 aromatic carbocycles. The van der Waals surface area contributed by atoms with Crippen LogP contribution >= 0.6 is 0 Å². The normalized spacial score (nSPS) is 18.0. The Kier molecular flexibility index (Phi) is 5.91. The molecular formula is C15H24FN3O2S. The zero-order chi connectivity index (χ0) is 16.2. The highest BCUT2D eigenvalue weighted by Gasteiger charge is 2.27. The van der Waals surface area contributed by atoms with Crippen LogP contribution in [0.4, 0.5) is 4.39 Å². The molecule has 7 heteroatoms. The van der Waals surface area contributed by atoms with E-state index < -0.39 is 10.2 Å². The Balaban J connectivity index is 1.81. The Bertz CT molecular complexity index is 584. The van der Waals surface area contributed by atoms with Crippen molar-refractivity contribution in [3.8, 4) is 0 Å². The number of piperazine rings is 1. The second kappa shape index (κ2) is 7.50. The molecule has 0 aromatic heterocycles. The van der Waals surface area contributed by atoms with Crippen LogP contribution in [0.5, 0.6) is 0 Å². The summed E-state index contributed by atoms with van der Waals surface area (Å²) in [4.78, 5) is 2.17. The Labute approximate surface area is 132 Å². The number of benzene rings is 1. The van der Waals surface area contributed by atoms with Gasteiger partial charge in [0.2, 0.25) is 0 Å². The van der Waals surface area contributed by atoms with E-state index in [1.807, 2.05) is 19.9 Å². The lowest BCUT2D eigenvalue weighted by Gasteiger charge is -2.34. The van der Waals surface area contributed by atoms with Gasteiger partial charge in [-0.05, 0) is 31.9 Å². The first-order chi connectivity index (χ1) is 10.4. The quantitative estimate of drug-likeness (QED) is 0.854. The minimum absolute atomic E-state index is 0.107. The van der Waals surface area contributed by atoms with Crippen LogP contribution in [0.2, 0.25) is 0 Å². The lowest BCUT2D eigenvalue weighted by molar-refractivity contribution is 0.188. The fraction of sp³-hybridized carbons (Fsp3) is 0.600. The topological polar surface area (TPSA) is 52.7 Å². The Morgan fingerprint density at radius 2 is 1.82 bits per heavy atom. The lowest BCUT2D eigenvalue weighted by Crippen LogP contribution is -2.53. The lowest BCUT2D eigenvalue weighted by atomic mass is 10.1. The summed E-state index contributed by atoms with van der Waals surface area (Å²) in [6.45, 7) is 6.65. The van der Waals surface area contributed by atoms with Crippen molar-refractivity contribution in [1.82, 2.24) is 13.9 Å². The fourth-order valence-electron chi connectivity index (χ4n) is 2.55. The number of nitrogens with one attached hydrogen (secondary N) is 1. The van der Waals surface area contributed by atoms with E-state index >= 15 is 0 Å². The molecule has 0 saturated carbocycles.